The lowest BCUT2D eigenvalue weighted by Crippen LogP contribution is -2.38. The molecule has 0 radical (unpaired) electrons. The molecule has 4 rings (SSSR count). The van der Waals surface area contributed by atoms with Gasteiger partial charge in [0.25, 0.3) is 0 Å². The lowest BCUT2D eigenvalue weighted by molar-refractivity contribution is -0.224. The van der Waals surface area contributed by atoms with Crippen molar-refractivity contribution in [3.8, 4) is 5.75 Å². The van der Waals surface area contributed by atoms with Crippen molar-refractivity contribution in [2.75, 3.05) is 0 Å². The van der Waals surface area contributed by atoms with Crippen LogP contribution in [0.4, 0.5) is 8.78 Å². The summed E-state index contributed by atoms with van der Waals surface area (Å²) in [5.74, 6) is 3.17. The van der Waals surface area contributed by atoms with Gasteiger partial charge in [-0.1, -0.05) is 44.1 Å². The Balaban J connectivity index is 1.26. The molecular formula is C29H42F2O. The van der Waals surface area contributed by atoms with Crippen LogP contribution >= 0.6 is 0 Å². The van der Waals surface area contributed by atoms with Crippen LogP contribution < -0.4 is 4.74 Å². The average Bonchev–Trinajstić information content (AvgIpc) is 2.81. The third kappa shape index (κ3) is 5.94. The standard InChI is InChI=1S/C29H42F2O/c1-3-4-22-7-11-24(12-8-22)26-15-19-28(20-16-26)32-29(30,31)27-17-13-25(14-18-27)23-9-5-21(2)6-10-23/h3-4,15-16,19-25,27H,5-14,17-18H2,1-2H3/b4-3+. The Bertz CT molecular complexity index is 716. The van der Waals surface area contributed by atoms with Crippen LogP contribution in [0, 0.1) is 29.6 Å². The molecule has 0 spiro atoms. The highest BCUT2D eigenvalue weighted by molar-refractivity contribution is 5.30. The number of rotatable bonds is 6. The Labute approximate surface area is 194 Å². The molecule has 3 aliphatic rings. The van der Waals surface area contributed by atoms with E-state index in [4.69, 9.17) is 4.74 Å². The Hall–Kier alpha value is -1.38. The van der Waals surface area contributed by atoms with Crippen LogP contribution in [-0.2, 0) is 0 Å². The molecule has 1 aromatic rings. The van der Waals surface area contributed by atoms with E-state index in [2.05, 4.69) is 26.0 Å². The molecule has 0 unspecified atom stereocenters. The molecule has 0 heterocycles. The molecule has 0 saturated heterocycles. The summed E-state index contributed by atoms with van der Waals surface area (Å²) in [5, 5.41) is 0. The molecular weight excluding hydrogens is 402 g/mol. The maximum Gasteiger partial charge on any atom is 0.400 e. The maximum atomic E-state index is 15.0. The average molecular weight is 445 g/mol. The summed E-state index contributed by atoms with van der Waals surface area (Å²) in [6.07, 6.45) is 14.5. The summed E-state index contributed by atoms with van der Waals surface area (Å²) in [5.41, 5.74) is 1.27. The topological polar surface area (TPSA) is 9.23 Å². The minimum atomic E-state index is -3.07. The predicted octanol–water partition coefficient (Wildman–Crippen LogP) is 9.14. The highest BCUT2D eigenvalue weighted by Crippen LogP contribution is 2.45. The summed E-state index contributed by atoms with van der Waals surface area (Å²) in [6.45, 7) is 4.43. The summed E-state index contributed by atoms with van der Waals surface area (Å²) in [7, 11) is 0. The van der Waals surface area contributed by atoms with Crippen LogP contribution in [0.25, 0.3) is 0 Å². The van der Waals surface area contributed by atoms with Gasteiger partial charge in [-0.2, -0.15) is 8.78 Å². The van der Waals surface area contributed by atoms with Crippen molar-refractivity contribution in [3.63, 3.8) is 0 Å². The van der Waals surface area contributed by atoms with Gasteiger partial charge in [0.05, 0.1) is 5.92 Å². The minimum Gasteiger partial charge on any atom is -0.432 e. The van der Waals surface area contributed by atoms with Gasteiger partial charge in [0.2, 0.25) is 0 Å². The molecule has 0 amide bonds. The van der Waals surface area contributed by atoms with Gasteiger partial charge in [-0.25, -0.2) is 0 Å². The monoisotopic (exact) mass is 444 g/mol. The van der Waals surface area contributed by atoms with E-state index >= 15 is 0 Å². The Morgan fingerprint density at radius 2 is 1.34 bits per heavy atom. The Morgan fingerprint density at radius 1 is 0.781 bits per heavy atom. The van der Waals surface area contributed by atoms with E-state index in [1.54, 1.807) is 12.1 Å². The van der Waals surface area contributed by atoms with Crippen LogP contribution in [0.15, 0.2) is 36.4 Å². The Kier molecular flexibility index (Phi) is 7.95. The fraction of sp³-hybridized carbons (Fsp3) is 0.724. The first-order valence-corrected chi connectivity index (χ1v) is 13.2. The first-order valence-electron chi connectivity index (χ1n) is 13.2. The van der Waals surface area contributed by atoms with Gasteiger partial charge in [0, 0.05) is 0 Å². The van der Waals surface area contributed by atoms with Crippen LogP contribution in [0.5, 0.6) is 5.75 Å². The molecule has 0 N–H and O–H groups in total. The zero-order valence-corrected chi connectivity index (χ0v) is 20.1. The third-order valence-corrected chi connectivity index (χ3v) is 8.82. The van der Waals surface area contributed by atoms with Crippen molar-refractivity contribution in [3.05, 3.63) is 42.0 Å². The van der Waals surface area contributed by atoms with Crippen molar-refractivity contribution >= 4 is 0 Å². The zero-order chi connectivity index (χ0) is 22.6. The number of halogens is 2. The van der Waals surface area contributed by atoms with E-state index in [-0.39, 0.29) is 0 Å². The van der Waals surface area contributed by atoms with E-state index in [1.807, 2.05) is 12.1 Å². The largest absolute Gasteiger partial charge is 0.432 e. The number of alkyl halides is 2. The summed E-state index contributed by atoms with van der Waals surface area (Å²) >= 11 is 0. The van der Waals surface area contributed by atoms with Crippen LogP contribution in [0.1, 0.15) is 102 Å². The normalized spacial score (nSPS) is 34.5. The predicted molar refractivity (Wildman–Crippen MR) is 128 cm³/mol. The molecule has 0 aromatic heterocycles. The van der Waals surface area contributed by atoms with Gasteiger partial charge in [-0.3, -0.25) is 0 Å². The van der Waals surface area contributed by atoms with Crippen LogP contribution in [0.2, 0.25) is 0 Å². The second kappa shape index (κ2) is 10.7. The van der Waals surface area contributed by atoms with E-state index in [1.165, 1.54) is 56.9 Å². The van der Waals surface area contributed by atoms with E-state index in [0.29, 0.717) is 36.3 Å². The van der Waals surface area contributed by atoms with E-state index in [0.717, 1.165) is 24.7 Å². The quantitative estimate of drug-likeness (QED) is 0.397. The molecule has 3 fully saturated rings. The van der Waals surface area contributed by atoms with Crippen molar-refractivity contribution < 1.29 is 13.5 Å². The molecule has 3 saturated carbocycles. The Morgan fingerprint density at radius 3 is 1.91 bits per heavy atom. The highest BCUT2D eigenvalue weighted by Gasteiger charge is 2.45. The molecule has 1 aromatic carbocycles. The van der Waals surface area contributed by atoms with Gasteiger partial charge >= 0.3 is 6.11 Å². The fourth-order valence-electron chi connectivity index (χ4n) is 6.65. The minimum absolute atomic E-state index is 0.310. The van der Waals surface area contributed by atoms with Gasteiger partial charge in [0.15, 0.2) is 0 Å². The SMILES string of the molecule is C/C=C/C1CCC(c2ccc(OC(F)(F)C3CCC(C4CCC(C)CC4)CC3)cc2)CC1. The van der Waals surface area contributed by atoms with Crippen LogP contribution in [-0.4, -0.2) is 6.11 Å². The molecule has 178 valence electrons. The summed E-state index contributed by atoms with van der Waals surface area (Å²) in [4.78, 5) is 0. The molecule has 32 heavy (non-hydrogen) atoms. The van der Waals surface area contributed by atoms with Crippen molar-refractivity contribution in [2.24, 2.45) is 29.6 Å². The second-order valence-electron chi connectivity index (χ2n) is 11.0. The van der Waals surface area contributed by atoms with Gasteiger partial charge in [-0.05, 0) is 118 Å². The number of ether oxygens (including phenoxy) is 1. The van der Waals surface area contributed by atoms with Gasteiger partial charge < -0.3 is 4.74 Å². The zero-order valence-electron chi connectivity index (χ0n) is 20.1. The third-order valence-electron chi connectivity index (χ3n) is 8.82. The number of allylic oxidation sites excluding steroid dienone is 2. The molecule has 0 bridgehead atoms. The van der Waals surface area contributed by atoms with Crippen molar-refractivity contribution in [1.82, 2.24) is 0 Å². The summed E-state index contributed by atoms with van der Waals surface area (Å²) < 4.78 is 35.2. The number of benzene rings is 1. The van der Waals surface area contributed by atoms with Crippen LogP contribution in [0.3, 0.4) is 0 Å². The smallest absolute Gasteiger partial charge is 0.400 e. The molecule has 3 aliphatic carbocycles. The molecule has 1 nitrogen and oxygen atoms in total. The summed E-state index contributed by atoms with van der Waals surface area (Å²) in [6, 6.07) is 7.53. The first kappa shape index (κ1) is 23.8. The molecule has 3 heteroatoms. The van der Waals surface area contributed by atoms with Crippen molar-refractivity contribution in [2.45, 2.75) is 103 Å². The second-order valence-corrected chi connectivity index (χ2v) is 11.0. The molecule has 0 atom stereocenters. The molecule has 0 aliphatic heterocycles. The number of hydrogen-bond acceptors (Lipinski definition) is 1. The fourth-order valence-corrected chi connectivity index (χ4v) is 6.65. The lowest BCUT2D eigenvalue weighted by atomic mass is 9.69. The van der Waals surface area contributed by atoms with Crippen molar-refractivity contribution in [1.29, 1.82) is 0 Å². The first-order chi connectivity index (χ1) is 15.4. The van der Waals surface area contributed by atoms with E-state index < -0.39 is 12.0 Å². The highest BCUT2D eigenvalue weighted by atomic mass is 19.3. The van der Waals surface area contributed by atoms with Gasteiger partial charge in [0.1, 0.15) is 5.75 Å². The number of hydrogen-bond donors (Lipinski definition) is 0. The van der Waals surface area contributed by atoms with E-state index in [9.17, 15) is 8.78 Å². The maximum absolute atomic E-state index is 15.0. The lowest BCUT2D eigenvalue weighted by Gasteiger charge is -2.38. The van der Waals surface area contributed by atoms with Gasteiger partial charge in [-0.15, -0.1) is 0 Å².